The number of carbonyl (C=O) groups is 2. The molecule has 3 rings (SSSR count). The molecule has 0 bridgehead atoms. The van der Waals surface area contributed by atoms with Gasteiger partial charge in [-0.15, -0.1) is 0 Å². The number of carboxylic acids is 1. The number of Topliss-reactive ketones (excluding diaryl/α,β-unsaturated/α-hetero) is 1. The Morgan fingerprint density at radius 3 is 2.53 bits per heavy atom. The number of hydrogen-bond acceptors (Lipinski definition) is 4. The number of ketones is 1. The van der Waals surface area contributed by atoms with Crippen molar-refractivity contribution in [2.45, 2.75) is 32.3 Å². The SMILES string of the molecule is C=C(C)C(=O)CCC1(C)C=Cc2c(cc(C=Cc3ccccc3)c(C(=O)O)c2O)O1. The number of carboxylic acid groups (broad SMARTS) is 1. The number of allylic oxidation sites excluding steroid dienone is 1. The molecule has 0 spiro atoms. The van der Waals surface area contributed by atoms with Gasteiger partial charge in [0, 0.05) is 6.42 Å². The highest BCUT2D eigenvalue weighted by Crippen LogP contribution is 2.42. The van der Waals surface area contributed by atoms with E-state index in [1.165, 1.54) is 0 Å². The first-order chi connectivity index (χ1) is 14.2. The zero-order chi connectivity index (χ0) is 21.9. The van der Waals surface area contributed by atoms with Gasteiger partial charge in [0.1, 0.15) is 22.7 Å². The molecule has 0 saturated carbocycles. The summed E-state index contributed by atoms with van der Waals surface area (Å²) < 4.78 is 6.10. The van der Waals surface area contributed by atoms with Crippen LogP contribution in [0.1, 0.15) is 53.7 Å². The lowest BCUT2D eigenvalue weighted by molar-refractivity contribution is -0.116. The number of fused-ring (bicyclic) bond motifs is 1. The Labute approximate surface area is 175 Å². The summed E-state index contributed by atoms with van der Waals surface area (Å²) in [7, 11) is 0. The quantitative estimate of drug-likeness (QED) is 0.480. The van der Waals surface area contributed by atoms with Crippen molar-refractivity contribution < 1.29 is 24.5 Å². The third-order valence-electron chi connectivity index (χ3n) is 5.07. The lowest BCUT2D eigenvalue weighted by Gasteiger charge is -2.32. The lowest BCUT2D eigenvalue weighted by Crippen LogP contribution is -2.32. The average Bonchev–Trinajstić information content (AvgIpc) is 2.70. The zero-order valence-electron chi connectivity index (χ0n) is 17.0. The highest BCUT2D eigenvalue weighted by atomic mass is 16.5. The number of ether oxygens (including phenoxy) is 1. The molecule has 154 valence electrons. The van der Waals surface area contributed by atoms with E-state index in [9.17, 15) is 19.8 Å². The van der Waals surface area contributed by atoms with Crippen molar-refractivity contribution in [2.24, 2.45) is 0 Å². The van der Waals surface area contributed by atoms with Crippen LogP contribution in [0.2, 0.25) is 0 Å². The smallest absolute Gasteiger partial charge is 0.340 e. The second-order valence-corrected chi connectivity index (χ2v) is 7.60. The molecule has 1 atom stereocenters. The summed E-state index contributed by atoms with van der Waals surface area (Å²) in [6, 6.07) is 11.1. The molecular formula is C25H24O5. The predicted octanol–water partition coefficient (Wildman–Crippen LogP) is 5.35. The van der Waals surface area contributed by atoms with Crippen LogP contribution in [0.15, 0.2) is 54.6 Å². The number of carbonyl (C=O) groups excluding carboxylic acids is 1. The fourth-order valence-electron chi connectivity index (χ4n) is 3.29. The molecule has 30 heavy (non-hydrogen) atoms. The maximum atomic E-state index is 11.9. The molecule has 2 aromatic rings. The first-order valence-corrected chi connectivity index (χ1v) is 9.63. The molecule has 0 amide bonds. The summed E-state index contributed by atoms with van der Waals surface area (Å²) in [4.78, 5) is 23.7. The van der Waals surface area contributed by atoms with Crippen LogP contribution >= 0.6 is 0 Å². The van der Waals surface area contributed by atoms with Crippen molar-refractivity contribution in [3.63, 3.8) is 0 Å². The Bertz CT molecular complexity index is 1060. The lowest BCUT2D eigenvalue weighted by atomic mass is 9.91. The topological polar surface area (TPSA) is 83.8 Å². The monoisotopic (exact) mass is 404 g/mol. The van der Waals surface area contributed by atoms with Gasteiger partial charge >= 0.3 is 5.97 Å². The standard InChI is InChI=1S/C25H24O5/c1-16(2)20(26)12-14-25(3)13-11-19-21(30-25)15-18(22(23(19)27)24(28)29)10-9-17-7-5-4-6-8-17/h4-11,13,15,27H,1,12,14H2,2-3H3,(H,28,29). The summed E-state index contributed by atoms with van der Waals surface area (Å²) in [6.45, 7) is 7.19. The molecule has 0 saturated heterocycles. The molecule has 2 aromatic carbocycles. The minimum absolute atomic E-state index is 0.0328. The number of phenols is 1. The number of benzene rings is 2. The van der Waals surface area contributed by atoms with Crippen LogP contribution in [0.3, 0.4) is 0 Å². The second kappa shape index (κ2) is 8.41. The van der Waals surface area contributed by atoms with Gasteiger partial charge in [-0.3, -0.25) is 4.79 Å². The van der Waals surface area contributed by atoms with Gasteiger partial charge in [0.25, 0.3) is 0 Å². The molecule has 0 aliphatic carbocycles. The van der Waals surface area contributed by atoms with E-state index in [-0.39, 0.29) is 23.5 Å². The molecule has 5 heteroatoms. The number of aromatic carboxylic acids is 1. The zero-order valence-corrected chi connectivity index (χ0v) is 17.0. The van der Waals surface area contributed by atoms with Crippen LogP contribution in [0, 0.1) is 0 Å². The van der Waals surface area contributed by atoms with E-state index < -0.39 is 11.6 Å². The van der Waals surface area contributed by atoms with E-state index in [1.54, 1.807) is 37.3 Å². The average molecular weight is 404 g/mol. The van der Waals surface area contributed by atoms with Gasteiger partial charge in [0.2, 0.25) is 0 Å². The number of rotatable bonds is 7. The van der Waals surface area contributed by atoms with E-state index in [0.29, 0.717) is 28.9 Å². The Kier molecular flexibility index (Phi) is 5.92. The Morgan fingerprint density at radius 2 is 1.90 bits per heavy atom. The van der Waals surface area contributed by atoms with Crippen molar-refractivity contribution in [1.82, 2.24) is 0 Å². The Balaban J connectivity index is 1.97. The van der Waals surface area contributed by atoms with Gasteiger partial charge in [0.05, 0.1) is 5.56 Å². The van der Waals surface area contributed by atoms with Crippen LogP contribution in [-0.4, -0.2) is 27.6 Å². The molecule has 1 unspecified atom stereocenters. The molecule has 2 N–H and O–H groups in total. The second-order valence-electron chi connectivity index (χ2n) is 7.60. The van der Waals surface area contributed by atoms with Crippen molar-refractivity contribution >= 4 is 30.0 Å². The highest BCUT2D eigenvalue weighted by Gasteiger charge is 2.31. The molecule has 0 aromatic heterocycles. The van der Waals surface area contributed by atoms with E-state index in [0.717, 1.165) is 5.56 Å². The van der Waals surface area contributed by atoms with Crippen molar-refractivity contribution in [1.29, 1.82) is 0 Å². The molecule has 0 radical (unpaired) electrons. The Morgan fingerprint density at radius 1 is 1.20 bits per heavy atom. The molecule has 5 nitrogen and oxygen atoms in total. The summed E-state index contributed by atoms with van der Waals surface area (Å²) in [5.74, 6) is -1.23. The van der Waals surface area contributed by atoms with Crippen LogP contribution in [-0.2, 0) is 4.79 Å². The number of aromatic hydroxyl groups is 1. The van der Waals surface area contributed by atoms with Crippen molar-refractivity contribution in [3.8, 4) is 11.5 Å². The van der Waals surface area contributed by atoms with Gasteiger partial charge in [-0.1, -0.05) is 49.1 Å². The minimum Gasteiger partial charge on any atom is -0.506 e. The van der Waals surface area contributed by atoms with Crippen LogP contribution in [0.25, 0.3) is 18.2 Å². The normalized spacial score (nSPS) is 17.4. The van der Waals surface area contributed by atoms with Gasteiger partial charge < -0.3 is 14.9 Å². The third-order valence-corrected chi connectivity index (χ3v) is 5.07. The van der Waals surface area contributed by atoms with Crippen molar-refractivity contribution in [2.75, 3.05) is 0 Å². The van der Waals surface area contributed by atoms with Crippen LogP contribution in [0.5, 0.6) is 11.5 Å². The molecule has 1 aliphatic heterocycles. The van der Waals surface area contributed by atoms with Crippen molar-refractivity contribution in [3.05, 3.63) is 76.9 Å². The first-order valence-electron chi connectivity index (χ1n) is 9.63. The maximum absolute atomic E-state index is 11.9. The summed E-state index contributed by atoms with van der Waals surface area (Å²) in [5, 5.41) is 20.3. The van der Waals surface area contributed by atoms with E-state index in [4.69, 9.17) is 4.74 Å². The Hall–Kier alpha value is -3.60. The first kappa shape index (κ1) is 21.1. The van der Waals surface area contributed by atoms with Gasteiger partial charge in [0.15, 0.2) is 5.78 Å². The number of hydrogen-bond donors (Lipinski definition) is 2. The molecule has 1 heterocycles. The highest BCUT2D eigenvalue weighted by molar-refractivity contribution is 5.99. The third kappa shape index (κ3) is 4.51. The van der Waals surface area contributed by atoms with Gasteiger partial charge in [-0.25, -0.2) is 4.79 Å². The fraction of sp³-hybridized carbons (Fsp3) is 0.200. The molecule has 0 fully saturated rings. The predicted molar refractivity (Wildman–Crippen MR) is 118 cm³/mol. The van der Waals surface area contributed by atoms with Crippen LogP contribution < -0.4 is 4.74 Å². The summed E-state index contributed by atoms with van der Waals surface area (Å²) in [6.07, 6.45) is 7.53. The van der Waals surface area contributed by atoms with Gasteiger partial charge in [-0.05, 0) is 55.2 Å². The minimum atomic E-state index is -1.23. The maximum Gasteiger partial charge on any atom is 0.340 e. The van der Waals surface area contributed by atoms with Crippen LogP contribution in [0.4, 0.5) is 0 Å². The van der Waals surface area contributed by atoms with Gasteiger partial charge in [-0.2, -0.15) is 0 Å². The van der Waals surface area contributed by atoms with E-state index >= 15 is 0 Å². The fourth-order valence-corrected chi connectivity index (χ4v) is 3.29. The summed E-state index contributed by atoms with van der Waals surface area (Å²) >= 11 is 0. The molecule has 1 aliphatic rings. The van der Waals surface area contributed by atoms with E-state index in [1.807, 2.05) is 37.3 Å². The molecular weight excluding hydrogens is 380 g/mol. The summed E-state index contributed by atoms with van der Waals surface area (Å²) in [5.41, 5.74) is 1.10. The largest absolute Gasteiger partial charge is 0.506 e. The van der Waals surface area contributed by atoms with E-state index in [2.05, 4.69) is 6.58 Å².